The van der Waals surface area contributed by atoms with Crippen LogP contribution in [0, 0.1) is 5.82 Å². The van der Waals surface area contributed by atoms with Gasteiger partial charge in [0, 0.05) is 6.92 Å². The summed E-state index contributed by atoms with van der Waals surface area (Å²) in [6, 6.07) is 4.81. The van der Waals surface area contributed by atoms with Crippen molar-refractivity contribution in [2.24, 2.45) is 0 Å². The van der Waals surface area contributed by atoms with Crippen molar-refractivity contribution in [1.82, 2.24) is 5.32 Å². The van der Waals surface area contributed by atoms with Crippen LogP contribution in [0.2, 0.25) is 0 Å². The van der Waals surface area contributed by atoms with Crippen molar-refractivity contribution < 1.29 is 23.8 Å². The van der Waals surface area contributed by atoms with E-state index < -0.39 is 12.2 Å². The molecule has 1 aromatic carbocycles. The van der Waals surface area contributed by atoms with Crippen LogP contribution in [0.15, 0.2) is 18.2 Å². The Bertz CT molecular complexity index is 658. The molecule has 2 aliphatic rings. The van der Waals surface area contributed by atoms with Gasteiger partial charge in [-0.05, 0) is 49.3 Å². The predicted molar refractivity (Wildman–Crippen MR) is 89.9 cm³/mol. The van der Waals surface area contributed by atoms with E-state index in [1.54, 1.807) is 12.1 Å². The molecular formula is C18H23FN2O4. The number of aliphatic hydroxyl groups excluding tert-OH is 1. The summed E-state index contributed by atoms with van der Waals surface area (Å²) in [5.41, 5.74) is 1.09. The van der Waals surface area contributed by atoms with E-state index in [2.05, 4.69) is 5.32 Å². The molecule has 2 amide bonds. The zero-order valence-corrected chi connectivity index (χ0v) is 14.2. The molecule has 0 bridgehead atoms. The minimum absolute atomic E-state index is 0.107. The molecule has 1 heterocycles. The highest BCUT2D eigenvalue weighted by atomic mass is 19.1. The molecule has 2 fully saturated rings. The van der Waals surface area contributed by atoms with Gasteiger partial charge in [-0.3, -0.25) is 9.69 Å². The van der Waals surface area contributed by atoms with Gasteiger partial charge < -0.3 is 15.2 Å². The number of rotatable bonds is 4. The predicted octanol–water partition coefficient (Wildman–Crippen LogP) is 2.31. The number of halogens is 1. The second-order valence-corrected chi connectivity index (χ2v) is 6.76. The van der Waals surface area contributed by atoms with Crippen molar-refractivity contribution in [2.45, 2.75) is 50.7 Å². The molecule has 1 saturated carbocycles. The Morgan fingerprint density at radius 3 is 2.72 bits per heavy atom. The van der Waals surface area contributed by atoms with Crippen molar-refractivity contribution in [3.63, 3.8) is 0 Å². The number of nitrogens with zero attached hydrogens (tertiary/aromatic N) is 1. The monoisotopic (exact) mass is 350 g/mol. The summed E-state index contributed by atoms with van der Waals surface area (Å²) in [4.78, 5) is 24.3. The molecule has 1 atom stereocenters. The third-order valence-electron chi connectivity index (χ3n) is 4.88. The molecule has 1 aromatic rings. The Labute approximate surface area is 146 Å². The number of cyclic esters (lactones) is 1. The van der Waals surface area contributed by atoms with E-state index in [0.29, 0.717) is 24.1 Å². The van der Waals surface area contributed by atoms with Gasteiger partial charge in [-0.25, -0.2) is 9.18 Å². The first-order valence-electron chi connectivity index (χ1n) is 8.64. The molecule has 1 saturated heterocycles. The molecule has 0 radical (unpaired) electrons. The Kier molecular flexibility index (Phi) is 5.22. The number of nitrogens with one attached hydrogen (secondary N) is 1. The first-order valence-corrected chi connectivity index (χ1v) is 8.64. The lowest BCUT2D eigenvalue weighted by Gasteiger charge is -2.26. The van der Waals surface area contributed by atoms with Crippen LogP contribution in [0.4, 0.5) is 14.9 Å². The molecule has 1 aliphatic heterocycles. The van der Waals surface area contributed by atoms with Crippen molar-refractivity contribution in [3.05, 3.63) is 29.6 Å². The topological polar surface area (TPSA) is 78.9 Å². The zero-order chi connectivity index (χ0) is 18.0. The SMILES string of the molecule is CC(=O)NC[C@H]1CN(c2ccc(C3CCC(O)CC3)c(F)c2)C(=O)O1. The summed E-state index contributed by atoms with van der Waals surface area (Å²) < 4.78 is 19.8. The van der Waals surface area contributed by atoms with Crippen LogP contribution in [0.25, 0.3) is 0 Å². The molecule has 25 heavy (non-hydrogen) atoms. The number of carbonyl (C=O) groups excluding carboxylic acids is 2. The number of anilines is 1. The van der Waals surface area contributed by atoms with Gasteiger partial charge in [0.1, 0.15) is 11.9 Å². The number of hydrogen-bond acceptors (Lipinski definition) is 4. The number of carbonyl (C=O) groups is 2. The summed E-state index contributed by atoms with van der Waals surface area (Å²) in [7, 11) is 0. The fourth-order valence-electron chi connectivity index (χ4n) is 3.50. The molecule has 0 aromatic heterocycles. The van der Waals surface area contributed by atoms with E-state index in [1.807, 2.05) is 0 Å². The molecule has 3 rings (SSSR count). The minimum Gasteiger partial charge on any atom is -0.442 e. The first kappa shape index (κ1) is 17.7. The second kappa shape index (κ2) is 7.39. The fraction of sp³-hybridized carbons (Fsp3) is 0.556. The van der Waals surface area contributed by atoms with Crippen LogP contribution >= 0.6 is 0 Å². The van der Waals surface area contributed by atoms with E-state index in [-0.39, 0.29) is 36.8 Å². The molecule has 7 heteroatoms. The van der Waals surface area contributed by atoms with Crippen molar-refractivity contribution in [3.8, 4) is 0 Å². The lowest BCUT2D eigenvalue weighted by Crippen LogP contribution is -2.33. The standard InChI is InChI=1S/C18H23FN2O4/c1-11(22)20-9-15-10-21(18(24)25-15)13-4-7-16(17(19)8-13)12-2-5-14(23)6-3-12/h4,7-8,12,14-15,23H,2-3,5-6,9-10H2,1H3,(H,20,22)/t12?,14?,15-/m0/s1. The number of ether oxygens (including phenoxy) is 1. The van der Waals surface area contributed by atoms with Crippen LogP contribution in [0.3, 0.4) is 0 Å². The van der Waals surface area contributed by atoms with Gasteiger partial charge in [-0.2, -0.15) is 0 Å². The smallest absolute Gasteiger partial charge is 0.414 e. The molecule has 136 valence electrons. The average molecular weight is 350 g/mol. The quantitative estimate of drug-likeness (QED) is 0.873. The Balaban J connectivity index is 1.68. The highest BCUT2D eigenvalue weighted by Crippen LogP contribution is 2.35. The van der Waals surface area contributed by atoms with Crippen LogP contribution in [0.5, 0.6) is 0 Å². The van der Waals surface area contributed by atoms with E-state index in [1.165, 1.54) is 17.9 Å². The third kappa shape index (κ3) is 4.10. The Morgan fingerprint density at radius 2 is 2.08 bits per heavy atom. The van der Waals surface area contributed by atoms with Gasteiger partial charge in [0.2, 0.25) is 5.91 Å². The fourth-order valence-corrected chi connectivity index (χ4v) is 3.50. The van der Waals surface area contributed by atoms with E-state index in [9.17, 15) is 19.1 Å². The largest absolute Gasteiger partial charge is 0.442 e. The molecular weight excluding hydrogens is 327 g/mol. The van der Waals surface area contributed by atoms with Crippen LogP contribution in [-0.4, -0.2) is 42.4 Å². The normalized spacial score (nSPS) is 26.4. The number of amides is 2. The second-order valence-electron chi connectivity index (χ2n) is 6.76. The highest BCUT2D eigenvalue weighted by molar-refractivity contribution is 5.89. The number of aliphatic hydroxyl groups is 1. The third-order valence-corrected chi connectivity index (χ3v) is 4.88. The van der Waals surface area contributed by atoms with Gasteiger partial charge in [0.15, 0.2) is 0 Å². The minimum atomic E-state index is -0.539. The molecule has 6 nitrogen and oxygen atoms in total. The zero-order valence-electron chi connectivity index (χ0n) is 14.2. The average Bonchev–Trinajstić information content (AvgIpc) is 2.95. The Hall–Kier alpha value is -2.15. The van der Waals surface area contributed by atoms with E-state index >= 15 is 0 Å². The van der Waals surface area contributed by atoms with Crippen LogP contribution < -0.4 is 10.2 Å². The molecule has 2 N–H and O–H groups in total. The number of hydrogen-bond donors (Lipinski definition) is 2. The summed E-state index contributed by atoms with van der Waals surface area (Å²) in [6.45, 7) is 1.91. The summed E-state index contributed by atoms with van der Waals surface area (Å²) in [5.74, 6) is -0.421. The van der Waals surface area contributed by atoms with Crippen molar-refractivity contribution in [2.75, 3.05) is 18.0 Å². The lowest BCUT2D eigenvalue weighted by atomic mass is 9.82. The van der Waals surface area contributed by atoms with Crippen LogP contribution in [-0.2, 0) is 9.53 Å². The maximum absolute atomic E-state index is 14.6. The molecule has 0 spiro atoms. The maximum atomic E-state index is 14.6. The number of benzene rings is 1. The van der Waals surface area contributed by atoms with Gasteiger partial charge >= 0.3 is 6.09 Å². The van der Waals surface area contributed by atoms with Gasteiger partial charge in [0.25, 0.3) is 0 Å². The Morgan fingerprint density at radius 1 is 1.36 bits per heavy atom. The van der Waals surface area contributed by atoms with E-state index in [4.69, 9.17) is 4.74 Å². The summed E-state index contributed by atoms with van der Waals surface area (Å²) in [5, 5.41) is 12.2. The van der Waals surface area contributed by atoms with Gasteiger partial charge in [-0.15, -0.1) is 0 Å². The van der Waals surface area contributed by atoms with E-state index in [0.717, 1.165) is 12.8 Å². The molecule has 0 unspecified atom stereocenters. The maximum Gasteiger partial charge on any atom is 0.414 e. The van der Waals surface area contributed by atoms with Crippen molar-refractivity contribution >= 4 is 17.7 Å². The summed E-state index contributed by atoms with van der Waals surface area (Å²) >= 11 is 0. The summed E-state index contributed by atoms with van der Waals surface area (Å²) in [6.07, 6.45) is 1.65. The van der Waals surface area contributed by atoms with Crippen molar-refractivity contribution in [1.29, 1.82) is 0 Å². The van der Waals surface area contributed by atoms with Crippen LogP contribution in [0.1, 0.15) is 44.1 Å². The lowest BCUT2D eigenvalue weighted by molar-refractivity contribution is -0.119. The highest BCUT2D eigenvalue weighted by Gasteiger charge is 2.33. The first-order chi connectivity index (χ1) is 11.9. The van der Waals surface area contributed by atoms with Gasteiger partial charge in [-0.1, -0.05) is 6.07 Å². The van der Waals surface area contributed by atoms with Gasteiger partial charge in [0.05, 0.1) is 24.9 Å². The molecule has 1 aliphatic carbocycles.